The summed E-state index contributed by atoms with van der Waals surface area (Å²) in [7, 11) is -0.211. The first-order chi connectivity index (χ1) is 13.6. The van der Waals surface area contributed by atoms with Crippen molar-refractivity contribution < 1.29 is 23.6 Å². The standard InChI is InChI=1S/C21H27ClNO5P/c1-14(20(25)27-13-21(2,3)4)23-29(22)28-18-9-8-16-10-15(11-19(24)26-5)6-7-17(16)12-18/h6-10,12,14,23H,11,13H2,1-5H3/t14-,29?/m0/s1. The molecule has 6 nitrogen and oxygen atoms in total. The number of ether oxygens (including phenoxy) is 2. The lowest BCUT2D eigenvalue weighted by Crippen LogP contribution is -2.33. The molecule has 29 heavy (non-hydrogen) atoms. The SMILES string of the molecule is COC(=O)Cc1ccc2cc(OP(Cl)N[C@@H](C)C(=O)OCC(C)(C)C)ccc2c1. The minimum Gasteiger partial charge on any atom is -0.469 e. The summed E-state index contributed by atoms with van der Waals surface area (Å²) in [6.45, 7) is 8.01. The summed E-state index contributed by atoms with van der Waals surface area (Å²) in [5.74, 6) is -0.0614. The van der Waals surface area contributed by atoms with E-state index < -0.39 is 13.7 Å². The quantitative estimate of drug-likeness (QED) is 0.462. The van der Waals surface area contributed by atoms with E-state index in [0.717, 1.165) is 16.3 Å². The maximum atomic E-state index is 12.1. The molecule has 158 valence electrons. The minimum atomic E-state index is -1.58. The molecule has 1 N–H and O–H groups in total. The summed E-state index contributed by atoms with van der Waals surface area (Å²) < 4.78 is 15.7. The first-order valence-electron chi connectivity index (χ1n) is 9.23. The van der Waals surface area contributed by atoms with Gasteiger partial charge in [-0.1, -0.05) is 45.0 Å². The zero-order valence-corrected chi connectivity index (χ0v) is 19.0. The highest BCUT2D eigenvalue weighted by molar-refractivity contribution is 7.78. The van der Waals surface area contributed by atoms with Gasteiger partial charge in [0.1, 0.15) is 11.8 Å². The van der Waals surface area contributed by atoms with E-state index >= 15 is 0 Å². The van der Waals surface area contributed by atoms with Crippen LogP contribution in [0.15, 0.2) is 36.4 Å². The molecule has 8 heteroatoms. The lowest BCUT2D eigenvalue weighted by molar-refractivity contribution is -0.148. The Labute approximate surface area is 177 Å². The van der Waals surface area contributed by atoms with Crippen LogP contribution in [0.3, 0.4) is 0 Å². The number of rotatable bonds is 8. The number of halogens is 1. The molecule has 0 aliphatic carbocycles. The van der Waals surface area contributed by atoms with Crippen molar-refractivity contribution in [2.45, 2.75) is 40.2 Å². The second-order valence-electron chi connectivity index (χ2n) is 7.95. The highest BCUT2D eigenvalue weighted by atomic mass is 35.7. The van der Waals surface area contributed by atoms with Crippen LogP contribution in [0.5, 0.6) is 5.75 Å². The summed E-state index contributed by atoms with van der Waals surface area (Å²) in [5, 5.41) is 4.86. The number of carbonyl (C=O) groups excluding carboxylic acids is 2. The van der Waals surface area contributed by atoms with Gasteiger partial charge in [-0.15, -0.1) is 0 Å². The molecule has 0 amide bonds. The van der Waals surface area contributed by atoms with E-state index in [-0.39, 0.29) is 23.8 Å². The summed E-state index contributed by atoms with van der Waals surface area (Å²) >= 11 is 6.27. The smallest absolute Gasteiger partial charge is 0.323 e. The van der Waals surface area contributed by atoms with Gasteiger partial charge in [-0.2, -0.15) is 0 Å². The lowest BCUT2D eigenvalue weighted by Gasteiger charge is -2.21. The van der Waals surface area contributed by atoms with Crippen LogP contribution < -0.4 is 9.61 Å². The third-order valence-electron chi connectivity index (χ3n) is 3.93. The van der Waals surface area contributed by atoms with E-state index in [1.807, 2.05) is 51.1 Å². The van der Waals surface area contributed by atoms with Crippen LogP contribution in [-0.4, -0.2) is 31.7 Å². The van der Waals surface area contributed by atoms with Crippen molar-refractivity contribution >= 4 is 41.6 Å². The Bertz CT molecular complexity index is 868. The van der Waals surface area contributed by atoms with Crippen molar-refractivity contribution in [3.8, 4) is 5.75 Å². The summed E-state index contributed by atoms with van der Waals surface area (Å²) in [6.07, 6.45) is 0.227. The first kappa shape index (κ1) is 23.4. The van der Waals surface area contributed by atoms with Gasteiger partial charge >= 0.3 is 11.9 Å². The molecule has 0 fully saturated rings. The van der Waals surface area contributed by atoms with E-state index in [0.29, 0.717) is 12.4 Å². The van der Waals surface area contributed by atoms with Gasteiger partial charge in [0.2, 0.25) is 0 Å². The number of fused-ring (bicyclic) bond motifs is 1. The maximum Gasteiger partial charge on any atom is 0.323 e. The second kappa shape index (κ2) is 10.2. The summed E-state index contributed by atoms with van der Waals surface area (Å²) in [4.78, 5) is 23.5. The molecule has 2 aromatic rings. The third-order valence-corrected chi connectivity index (χ3v) is 5.40. The van der Waals surface area contributed by atoms with Gasteiger partial charge < -0.3 is 14.0 Å². The average molecular weight is 440 g/mol. The number of benzene rings is 2. The molecule has 0 radical (unpaired) electrons. The molecular weight excluding hydrogens is 413 g/mol. The number of nitrogens with one attached hydrogen (secondary N) is 1. The number of hydrogen-bond acceptors (Lipinski definition) is 6. The highest BCUT2D eigenvalue weighted by Crippen LogP contribution is 2.40. The fourth-order valence-corrected chi connectivity index (χ4v) is 3.85. The van der Waals surface area contributed by atoms with Crippen LogP contribution in [0.25, 0.3) is 10.8 Å². The largest absolute Gasteiger partial charge is 0.469 e. The number of esters is 2. The van der Waals surface area contributed by atoms with Crippen LogP contribution in [0.4, 0.5) is 0 Å². The number of methoxy groups -OCH3 is 1. The van der Waals surface area contributed by atoms with Crippen LogP contribution in [-0.2, 0) is 25.5 Å². The van der Waals surface area contributed by atoms with E-state index in [1.54, 1.807) is 13.0 Å². The van der Waals surface area contributed by atoms with Crippen molar-refractivity contribution in [3.63, 3.8) is 0 Å². The molecule has 0 saturated heterocycles. The van der Waals surface area contributed by atoms with E-state index in [9.17, 15) is 9.59 Å². The van der Waals surface area contributed by atoms with Gasteiger partial charge in [0.15, 0.2) is 0 Å². The number of carbonyl (C=O) groups is 2. The average Bonchev–Trinajstić information content (AvgIpc) is 2.65. The van der Waals surface area contributed by atoms with E-state index in [2.05, 4.69) is 5.09 Å². The lowest BCUT2D eigenvalue weighted by atomic mass is 9.99. The molecule has 0 aliphatic rings. The van der Waals surface area contributed by atoms with Gasteiger partial charge in [0.05, 0.1) is 20.1 Å². The molecule has 2 aromatic carbocycles. The minimum absolute atomic E-state index is 0.0978. The molecule has 0 aromatic heterocycles. The molecule has 0 aliphatic heterocycles. The maximum absolute atomic E-state index is 12.1. The van der Waals surface area contributed by atoms with Crippen molar-refractivity contribution in [2.75, 3.05) is 13.7 Å². The van der Waals surface area contributed by atoms with Gasteiger partial charge in [0, 0.05) is 0 Å². The van der Waals surface area contributed by atoms with Crippen molar-refractivity contribution in [1.82, 2.24) is 5.09 Å². The second-order valence-corrected chi connectivity index (χ2v) is 9.80. The Morgan fingerprint density at radius 1 is 1.14 bits per heavy atom. The van der Waals surface area contributed by atoms with Gasteiger partial charge in [0.25, 0.3) is 7.65 Å². The Morgan fingerprint density at radius 3 is 2.45 bits per heavy atom. The molecule has 0 spiro atoms. The molecule has 2 rings (SSSR count). The highest BCUT2D eigenvalue weighted by Gasteiger charge is 2.22. The first-order valence-corrected chi connectivity index (χ1v) is 11.4. The summed E-state index contributed by atoms with van der Waals surface area (Å²) in [5.41, 5.74) is 0.779. The zero-order chi connectivity index (χ0) is 21.6. The molecule has 2 atom stereocenters. The molecule has 0 heterocycles. The van der Waals surface area contributed by atoms with Crippen molar-refractivity contribution in [3.05, 3.63) is 42.0 Å². The Hall–Kier alpha value is -1.88. The van der Waals surface area contributed by atoms with Crippen molar-refractivity contribution in [2.24, 2.45) is 5.41 Å². The molecule has 0 bridgehead atoms. The van der Waals surface area contributed by atoms with E-state index in [4.69, 9.17) is 25.2 Å². The van der Waals surface area contributed by atoms with Gasteiger partial charge in [-0.25, -0.2) is 5.09 Å². The van der Waals surface area contributed by atoms with Gasteiger partial charge in [-0.3, -0.25) is 9.59 Å². The fourth-order valence-electron chi connectivity index (χ4n) is 2.42. The topological polar surface area (TPSA) is 73.9 Å². The van der Waals surface area contributed by atoms with Crippen LogP contribution >= 0.6 is 18.9 Å². The van der Waals surface area contributed by atoms with Crippen LogP contribution in [0.1, 0.15) is 33.3 Å². The predicted molar refractivity (Wildman–Crippen MR) is 116 cm³/mol. The van der Waals surface area contributed by atoms with Crippen molar-refractivity contribution in [1.29, 1.82) is 0 Å². The number of hydrogen-bond donors (Lipinski definition) is 1. The van der Waals surface area contributed by atoms with Crippen LogP contribution in [0.2, 0.25) is 0 Å². The normalized spacial score (nSPS) is 13.6. The molecule has 0 saturated carbocycles. The molecule has 1 unspecified atom stereocenters. The zero-order valence-electron chi connectivity index (χ0n) is 17.3. The third kappa shape index (κ3) is 7.81. The predicted octanol–water partition coefficient (Wildman–Crippen LogP) is 4.97. The Balaban J connectivity index is 1.95. The Morgan fingerprint density at radius 2 is 1.79 bits per heavy atom. The van der Waals surface area contributed by atoms with Crippen LogP contribution in [0, 0.1) is 5.41 Å². The Kier molecular flexibility index (Phi) is 8.26. The van der Waals surface area contributed by atoms with Gasteiger partial charge in [-0.05, 0) is 52.0 Å². The fraction of sp³-hybridized carbons (Fsp3) is 0.429. The van der Waals surface area contributed by atoms with E-state index in [1.165, 1.54) is 7.11 Å². The monoisotopic (exact) mass is 439 g/mol. The summed E-state index contributed by atoms with van der Waals surface area (Å²) in [6, 6.07) is 10.7. The molecular formula is C21H27ClNO5P.